The third kappa shape index (κ3) is 4.70. The van der Waals surface area contributed by atoms with Gasteiger partial charge in [-0.1, -0.05) is 0 Å². The number of carbonyl (C=O) groups is 1. The second-order valence-corrected chi connectivity index (χ2v) is 6.37. The van der Waals surface area contributed by atoms with E-state index in [0.717, 1.165) is 43.1 Å². The van der Waals surface area contributed by atoms with Crippen molar-refractivity contribution in [2.75, 3.05) is 42.8 Å². The minimum Gasteiger partial charge on any atom is -0.381 e. The Morgan fingerprint density at radius 3 is 2.72 bits per heavy atom. The first-order chi connectivity index (χ1) is 12.1. The Balaban J connectivity index is 1.60. The van der Waals surface area contributed by atoms with Crippen molar-refractivity contribution in [3.8, 4) is 0 Å². The topological polar surface area (TPSA) is 66.5 Å². The summed E-state index contributed by atoms with van der Waals surface area (Å²) in [7, 11) is 3.96. The quantitative estimate of drug-likeness (QED) is 0.846. The summed E-state index contributed by atoms with van der Waals surface area (Å²) in [6, 6.07) is 9.52. The van der Waals surface area contributed by atoms with Crippen molar-refractivity contribution in [3.63, 3.8) is 0 Å². The van der Waals surface area contributed by atoms with E-state index < -0.39 is 0 Å². The van der Waals surface area contributed by atoms with E-state index in [1.165, 1.54) is 0 Å². The highest BCUT2D eigenvalue weighted by molar-refractivity contribution is 6.04. The van der Waals surface area contributed by atoms with Gasteiger partial charge in [0.2, 0.25) is 0 Å². The SMILES string of the molecule is CN(C)c1ccc(NC(=O)c2cncc(NCC3CCCO3)c2)cc1. The van der Waals surface area contributed by atoms with Crippen molar-refractivity contribution >= 4 is 23.0 Å². The molecule has 1 aliphatic heterocycles. The molecule has 6 nitrogen and oxygen atoms in total. The van der Waals surface area contributed by atoms with Crippen LogP contribution in [0.5, 0.6) is 0 Å². The summed E-state index contributed by atoms with van der Waals surface area (Å²) in [6.07, 6.45) is 5.72. The number of hydrogen-bond acceptors (Lipinski definition) is 5. The van der Waals surface area contributed by atoms with Gasteiger partial charge in [-0.3, -0.25) is 9.78 Å². The molecule has 2 N–H and O–H groups in total. The molecule has 6 heteroatoms. The van der Waals surface area contributed by atoms with Crippen molar-refractivity contribution in [2.45, 2.75) is 18.9 Å². The lowest BCUT2D eigenvalue weighted by molar-refractivity contribution is 0.102. The number of carbonyl (C=O) groups excluding carboxylic acids is 1. The Kier molecular flexibility index (Phi) is 5.50. The molecule has 0 radical (unpaired) electrons. The van der Waals surface area contributed by atoms with Gasteiger partial charge >= 0.3 is 0 Å². The van der Waals surface area contributed by atoms with E-state index in [2.05, 4.69) is 15.6 Å². The number of anilines is 3. The average molecular weight is 340 g/mol. The van der Waals surface area contributed by atoms with Crippen LogP contribution in [0.1, 0.15) is 23.2 Å². The zero-order chi connectivity index (χ0) is 17.6. The predicted molar refractivity (Wildman–Crippen MR) is 100 cm³/mol. The normalized spacial score (nSPS) is 16.5. The van der Waals surface area contributed by atoms with Crippen LogP contribution in [0.25, 0.3) is 0 Å². The fraction of sp³-hybridized carbons (Fsp3) is 0.368. The fourth-order valence-corrected chi connectivity index (χ4v) is 2.74. The molecule has 1 amide bonds. The van der Waals surface area contributed by atoms with Crippen LogP contribution in [0.15, 0.2) is 42.7 Å². The number of amides is 1. The van der Waals surface area contributed by atoms with E-state index in [1.807, 2.05) is 49.3 Å². The van der Waals surface area contributed by atoms with Crippen LogP contribution in [0.4, 0.5) is 17.1 Å². The number of rotatable bonds is 6. The lowest BCUT2D eigenvalue weighted by Gasteiger charge is -2.14. The third-order valence-electron chi connectivity index (χ3n) is 4.20. The van der Waals surface area contributed by atoms with E-state index in [1.54, 1.807) is 12.4 Å². The number of nitrogens with one attached hydrogen (secondary N) is 2. The second kappa shape index (κ2) is 7.98. The number of ether oxygens (including phenoxy) is 1. The van der Waals surface area contributed by atoms with Crippen molar-refractivity contribution in [1.82, 2.24) is 4.98 Å². The van der Waals surface area contributed by atoms with Crippen LogP contribution in [-0.4, -0.2) is 44.2 Å². The Morgan fingerprint density at radius 2 is 2.04 bits per heavy atom. The minimum absolute atomic E-state index is 0.175. The first-order valence-corrected chi connectivity index (χ1v) is 8.51. The van der Waals surface area contributed by atoms with Crippen molar-refractivity contribution in [2.24, 2.45) is 0 Å². The molecule has 1 aromatic heterocycles. The molecular formula is C19H24N4O2. The molecule has 1 fully saturated rings. The van der Waals surface area contributed by atoms with Gasteiger partial charge in [0.1, 0.15) is 0 Å². The van der Waals surface area contributed by atoms with Crippen LogP contribution in [0, 0.1) is 0 Å². The largest absolute Gasteiger partial charge is 0.381 e. The summed E-state index contributed by atoms with van der Waals surface area (Å²) < 4.78 is 5.59. The van der Waals surface area contributed by atoms with Gasteiger partial charge in [0.25, 0.3) is 5.91 Å². The first kappa shape index (κ1) is 17.2. The molecule has 0 saturated carbocycles. The molecule has 1 atom stereocenters. The number of hydrogen-bond donors (Lipinski definition) is 2. The van der Waals surface area contributed by atoms with Gasteiger partial charge in [-0.2, -0.15) is 0 Å². The highest BCUT2D eigenvalue weighted by Crippen LogP contribution is 2.18. The van der Waals surface area contributed by atoms with Crippen LogP contribution in [0.2, 0.25) is 0 Å². The van der Waals surface area contributed by atoms with Crippen LogP contribution >= 0.6 is 0 Å². The lowest BCUT2D eigenvalue weighted by atomic mass is 10.2. The monoisotopic (exact) mass is 340 g/mol. The molecule has 1 aliphatic rings. The Labute approximate surface area is 148 Å². The number of aromatic nitrogens is 1. The van der Waals surface area contributed by atoms with E-state index in [-0.39, 0.29) is 12.0 Å². The maximum absolute atomic E-state index is 12.4. The standard InChI is InChI=1S/C19H24N4O2/c1-23(2)17-7-5-15(6-8-17)22-19(24)14-10-16(12-20-11-14)21-13-18-4-3-9-25-18/h5-8,10-12,18,21H,3-4,9,13H2,1-2H3,(H,22,24). The maximum Gasteiger partial charge on any atom is 0.257 e. The molecule has 3 rings (SSSR count). The second-order valence-electron chi connectivity index (χ2n) is 6.37. The Morgan fingerprint density at radius 1 is 1.24 bits per heavy atom. The summed E-state index contributed by atoms with van der Waals surface area (Å²) in [5.41, 5.74) is 3.19. The van der Waals surface area contributed by atoms with E-state index >= 15 is 0 Å². The highest BCUT2D eigenvalue weighted by atomic mass is 16.5. The average Bonchev–Trinajstić information content (AvgIpc) is 3.14. The highest BCUT2D eigenvalue weighted by Gasteiger charge is 2.15. The van der Waals surface area contributed by atoms with Gasteiger partial charge in [-0.25, -0.2) is 0 Å². The molecule has 1 saturated heterocycles. The zero-order valence-corrected chi connectivity index (χ0v) is 14.7. The van der Waals surface area contributed by atoms with Gasteiger partial charge < -0.3 is 20.3 Å². The molecule has 2 aromatic rings. The van der Waals surface area contributed by atoms with Gasteiger partial charge in [0.15, 0.2) is 0 Å². The smallest absolute Gasteiger partial charge is 0.257 e. The molecule has 1 unspecified atom stereocenters. The first-order valence-electron chi connectivity index (χ1n) is 8.51. The molecule has 0 aliphatic carbocycles. The van der Waals surface area contributed by atoms with Gasteiger partial charge in [-0.15, -0.1) is 0 Å². The fourth-order valence-electron chi connectivity index (χ4n) is 2.74. The molecular weight excluding hydrogens is 316 g/mol. The summed E-state index contributed by atoms with van der Waals surface area (Å²) in [5.74, 6) is -0.175. The molecule has 0 bridgehead atoms. The number of benzene rings is 1. The molecule has 25 heavy (non-hydrogen) atoms. The van der Waals surface area contributed by atoms with Gasteiger partial charge in [0, 0.05) is 51.0 Å². The Bertz CT molecular complexity index is 710. The molecule has 132 valence electrons. The summed E-state index contributed by atoms with van der Waals surface area (Å²) in [6.45, 7) is 1.57. The zero-order valence-electron chi connectivity index (χ0n) is 14.7. The number of pyridine rings is 1. The molecule has 0 spiro atoms. The van der Waals surface area contributed by atoms with Crippen molar-refractivity contribution < 1.29 is 9.53 Å². The number of nitrogens with zero attached hydrogens (tertiary/aromatic N) is 2. The van der Waals surface area contributed by atoms with Gasteiger partial charge in [0.05, 0.1) is 17.4 Å². The van der Waals surface area contributed by atoms with Crippen molar-refractivity contribution in [3.05, 3.63) is 48.3 Å². The van der Waals surface area contributed by atoms with Crippen LogP contribution in [-0.2, 0) is 4.74 Å². The van der Waals surface area contributed by atoms with E-state index in [9.17, 15) is 4.79 Å². The molecule has 2 heterocycles. The van der Waals surface area contributed by atoms with Crippen LogP contribution < -0.4 is 15.5 Å². The van der Waals surface area contributed by atoms with Gasteiger partial charge in [-0.05, 0) is 43.2 Å². The van der Waals surface area contributed by atoms with Crippen molar-refractivity contribution in [1.29, 1.82) is 0 Å². The summed E-state index contributed by atoms with van der Waals surface area (Å²) in [4.78, 5) is 18.6. The van der Waals surface area contributed by atoms with Crippen LogP contribution in [0.3, 0.4) is 0 Å². The lowest BCUT2D eigenvalue weighted by Crippen LogP contribution is -2.19. The summed E-state index contributed by atoms with van der Waals surface area (Å²) in [5, 5.41) is 6.19. The van der Waals surface area contributed by atoms with E-state index in [4.69, 9.17) is 4.74 Å². The minimum atomic E-state index is -0.175. The van der Waals surface area contributed by atoms with E-state index in [0.29, 0.717) is 5.56 Å². The molecule has 1 aromatic carbocycles. The maximum atomic E-state index is 12.4. The predicted octanol–water partition coefficient (Wildman–Crippen LogP) is 2.99. The third-order valence-corrected chi connectivity index (χ3v) is 4.20. The Hall–Kier alpha value is -2.60. The summed E-state index contributed by atoms with van der Waals surface area (Å²) >= 11 is 0.